The first kappa shape index (κ1) is 19.3. The number of benzene rings is 1. The van der Waals surface area contributed by atoms with Gasteiger partial charge in [0.15, 0.2) is 0 Å². The van der Waals surface area contributed by atoms with Crippen molar-refractivity contribution in [2.45, 2.75) is 26.3 Å². The van der Waals surface area contributed by atoms with Crippen LogP contribution in [0, 0.1) is 0 Å². The average molecular weight is 390 g/mol. The number of nitrogens with zero attached hydrogens (tertiary/aromatic N) is 4. The smallest absolute Gasteiger partial charge is 0.270 e. The maximum absolute atomic E-state index is 12.9. The molecule has 0 radical (unpaired) electrons. The molecular weight excluding hydrogens is 364 g/mol. The SMILES string of the molecule is CC(C)c1ccc(CN2CCN(C(=O)c3cnc4ccccn4c3=O)CC2)cc1. The summed E-state index contributed by atoms with van der Waals surface area (Å²) in [6.45, 7) is 8.07. The zero-order valence-corrected chi connectivity index (χ0v) is 16.9. The number of aromatic nitrogens is 2. The monoisotopic (exact) mass is 390 g/mol. The Hall–Kier alpha value is -2.99. The molecule has 4 rings (SSSR count). The van der Waals surface area contributed by atoms with Gasteiger partial charge >= 0.3 is 0 Å². The van der Waals surface area contributed by atoms with Crippen LogP contribution in [0.2, 0.25) is 0 Å². The summed E-state index contributed by atoms with van der Waals surface area (Å²) in [5.41, 5.74) is 2.99. The Morgan fingerprint density at radius 1 is 1.03 bits per heavy atom. The minimum absolute atomic E-state index is 0.131. The van der Waals surface area contributed by atoms with Gasteiger partial charge in [-0.15, -0.1) is 0 Å². The van der Waals surface area contributed by atoms with E-state index < -0.39 is 0 Å². The van der Waals surface area contributed by atoms with E-state index in [1.165, 1.54) is 21.7 Å². The molecule has 150 valence electrons. The van der Waals surface area contributed by atoms with Crippen LogP contribution >= 0.6 is 0 Å². The summed E-state index contributed by atoms with van der Waals surface area (Å²) in [6.07, 6.45) is 3.05. The summed E-state index contributed by atoms with van der Waals surface area (Å²) < 4.78 is 1.42. The van der Waals surface area contributed by atoms with Gasteiger partial charge in [-0.05, 0) is 29.2 Å². The Bertz CT molecular complexity index is 1060. The molecule has 0 aliphatic carbocycles. The molecule has 2 aromatic heterocycles. The second kappa shape index (κ2) is 8.17. The normalized spacial score (nSPS) is 15.2. The molecule has 0 spiro atoms. The summed E-state index contributed by atoms with van der Waals surface area (Å²) in [5.74, 6) is 0.300. The average Bonchev–Trinajstić information content (AvgIpc) is 2.75. The van der Waals surface area contributed by atoms with Crippen molar-refractivity contribution >= 4 is 11.6 Å². The Morgan fingerprint density at radius 2 is 1.76 bits per heavy atom. The predicted octanol–water partition coefficient (Wildman–Crippen LogP) is 2.78. The highest BCUT2D eigenvalue weighted by Gasteiger charge is 2.24. The molecule has 6 heteroatoms. The summed E-state index contributed by atoms with van der Waals surface area (Å²) in [5, 5.41) is 0. The first-order chi connectivity index (χ1) is 14.0. The molecule has 1 amide bonds. The molecule has 3 aromatic rings. The van der Waals surface area contributed by atoms with E-state index in [2.05, 4.69) is 48.0 Å². The molecular formula is C23H26N4O2. The molecule has 3 heterocycles. The number of pyridine rings is 1. The molecule has 0 bridgehead atoms. The largest absolute Gasteiger partial charge is 0.336 e. The number of fused-ring (bicyclic) bond motifs is 1. The van der Waals surface area contributed by atoms with E-state index in [1.807, 2.05) is 6.07 Å². The second-order valence-corrected chi connectivity index (χ2v) is 7.87. The lowest BCUT2D eigenvalue weighted by molar-refractivity contribution is 0.0626. The summed E-state index contributed by atoms with van der Waals surface area (Å²) in [7, 11) is 0. The number of carbonyl (C=O) groups excluding carboxylic acids is 1. The fraction of sp³-hybridized carbons (Fsp3) is 0.348. The van der Waals surface area contributed by atoms with Gasteiger partial charge in [0.1, 0.15) is 11.2 Å². The Kier molecular flexibility index (Phi) is 5.45. The van der Waals surface area contributed by atoms with Gasteiger partial charge in [-0.3, -0.25) is 18.9 Å². The third-order valence-electron chi connectivity index (χ3n) is 5.56. The van der Waals surface area contributed by atoms with Gasteiger partial charge in [0, 0.05) is 45.1 Å². The zero-order valence-electron chi connectivity index (χ0n) is 16.9. The van der Waals surface area contributed by atoms with Gasteiger partial charge in [-0.1, -0.05) is 44.2 Å². The van der Waals surface area contributed by atoms with Crippen molar-refractivity contribution in [2.75, 3.05) is 26.2 Å². The van der Waals surface area contributed by atoms with E-state index in [9.17, 15) is 9.59 Å². The van der Waals surface area contributed by atoms with Gasteiger partial charge in [0.25, 0.3) is 11.5 Å². The van der Waals surface area contributed by atoms with Crippen molar-refractivity contribution in [2.24, 2.45) is 0 Å². The molecule has 0 atom stereocenters. The third kappa shape index (κ3) is 4.07. The van der Waals surface area contributed by atoms with E-state index in [0.29, 0.717) is 24.7 Å². The van der Waals surface area contributed by atoms with E-state index in [4.69, 9.17) is 0 Å². The van der Waals surface area contributed by atoms with Crippen molar-refractivity contribution in [3.8, 4) is 0 Å². The van der Waals surface area contributed by atoms with Gasteiger partial charge in [-0.25, -0.2) is 4.98 Å². The van der Waals surface area contributed by atoms with Crippen LogP contribution in [0.3, 0.4) is 0 Å². The van der Waals surface area contributed by atoms with Crippen LogP contribution in [-0.4, -0.2) is 51.3 Å². The molecule has 29 heavy (non-hydrogen) atoms. The first-order valence-corrected chi connectivity index (χ1v) is 10.1. The van der Waals surface area contributed by atoms with E-state index in [1.54, 1.807) is 23.2 Å². The molecule has 1 aliphatic rings. The van der Waals surface area contributed by atoms with Crippen LogP contribution in [0.1, 0.15) is 41.3 Å². The highest BCUT2D eigenvalue weighted by atomic mass is 16.2. The van der Waals surface area contributed by atoms with E-state index >= 15 is 0 Å². The predicted molar refractivity (Wildman–Crippen MR) is 113 cm³/mol. The summed E-state index contributed by atoms with van der Waals surface area (Å²) in [6, 6.07) is 14.1. The number of hydrogen-bond acceptors (Lipinski definition) is 4. The maximum atomic E-state index is 12.9. The van der Waals surface area contributed by atoms with Crippen molar-refractivity contribution < 1.29 is 4.79 Å². The van der Waals surface area contributed by atoms with Crippen LogP contribution in [0.25, 0.3) is 5.65 Å². The lowest BCUT2D eigenvalue weighted by atomic mass is 10.0. The number of amides is 1. The third-order valence-corrected chi connectivity index (χ3v) is 5.56. The maximum Gasteiger partial charge on any atom is 0.270 e. The van der Waals surface area contributed by atoms with Crippen LogP contribution in [0.5, 0.6) is 0 Å². The fourth-order valence-corrected chi connectivity index (χ4v) is 3.72. The molecule has 1 saturated heterocycles. The van der Waals surface area contributed by atoms with Gasteiger partial charge < -0.3 is 4.90 Å². The van der Waals surface area contributed by atoms with Gasteiger partial charge in [0.2, 0.25) is 0 Å². The van der Waals surface area contributed by atoms with Crippen molar-refractivity contribution in [1.82, 2.24) is 19.2 Å². The lowest BCUT2D eigenvalue weighted by Gasteiger charge is -2.34. The Labute approximate surface area is 170 Å². The number of rotatable bonds is 4. The molecule has 1 aliphatic heterocycles. The zero-order chi connectivity index (χ0) is 20.4. The Balaban J connectivity index is 1.40. The van der Waals surface area contributed by atoms with Crippen LogP contribution in [-0.2, 0) is 6.54 Å². The molecule has 1 aromatic carbocycles. The fourth-order valence-electron chi connectivity index (χ4n) is 3.72. The highest BCUT2D eigenvalue weighted by molar-refractivity contribution is 5.93. The summed E-state index contributed by atoms with van der Waals surface area (Å²) >= 11 is 0. The van der Waals surface area contributed by atoms with E-state index in [-0.39, 0.29) is 17.0 Å². The van der Waals surface area contributed by atoms with Gasteiger partial charge in [0.05, 0.1) is 0 Å². The van der Waals surface area contributed by atoms with Crippen LogP contribution < -0.4 is 5.56 Å². The number of hydrogen-bond donors (Lipinski definition) is 0. The van der Waals surface area contributed by atoms with Gasteiger partial charge in [-0.2, -0.15) is 0 Å². The Morgan fingerprint density at radius 3 is 2.45 bits per heavy atom. The summed E-state index contributed by atoms with van der Waals surface area (Å²) in [4.78, 5) is 33.9. The second-order valence-electron chi connectivity index (χ2n) is 7.87. The quantitative estimate of drug-likeness (QED) is 0.687. The molecule has 0 N–H and O–H groups in total. The molecule has 6 nitrogen and oxygen atoms in total. The van der Waals surface area contributed by atoms with Crippen LogP contribution in [0.15, 0.2) is 59.7 Å². The first-order valence-electron chi connectivity index (χ1n) is 10.1. The lowest BCUT2D eigenvalue weighted by Crippen LogP contribution is -2.49. The molecule has 1 fully saturated rings. The highest BCUT2D eigenvalue weighted by Crippen LogP contribution is 2.16. The van der Waals surface area contributed by atoms with Crippen LogP contribution in [0.4, 0.5) is 0 Å². The van der Waals surface area contributed by atoms with Crippen molar-refractivity contribution in [1.29, 1.82) is 0 Å². The molecule has 0 saturated carbocycles. The number of carbonyl (C=O) groups is 1. The minimum Gasteiger partial charge on any atom is -0.336 e. The number of piperazine rings is 1. The van der Waals surface area contributed by atoms with E-state index in [0.717, 1.165) is 19.6 Å². The topological polar surface area (TPSA) is 57.9 Å². The molecule has 0 unspecified atom stereocenters. The standard InChI is InChI=1S/C23H26N4O2/c1-17(2)19-8-6-18(7-9-19)16-25-11-13-26(14-12-25)22(28)20-15-24-21-5-3-4-10-27(21)23(20)29/h3-10,15,17H,11-14,16H2,1-2H3. The minimum atomic E-state index is -0.312. The van der Waals surface area contributed by atoms with Crippen molar-refractivity contribution in [3.63, 3.8) is 0 Å². The van der Waals surface area contributed by atoms with Crippen molar-refractivity contribution in [3.05, 3.63) is 81.9 Å².